The highest BCUT2D eigenvalue weighted by atomic mass is 16.3. The monoisotopic (exact) mass is 431 g/mol. The molecule has 5 rings (SSSR count). The quantitative estimate of drug-likeness (QED) is 0.407. The van der Waals surface area contributed by atoms with Crippen molar-refractivity contribution in [3.8, 4) is 0 Å². The standard InChI is InChI=1S/C24H25N5O3/c1-28(24(32)8-4-9-24)15-18-12-17-7-6-16(11-19(17)26-18)14-25-23(31)20-13-22(30)29-10-3-2-5-21(29)27-20/h2-3,5-7,10-13,26,32H,4,8-9,14-15H2,1H3,(H,25,31). The zero-order valence-electron chi connectivity index (χ0n) is 17.8. The summed E-state index contributed by atoms with van der Waals surface area (Å²) >= 11 is 0. The van der Waals surface area contributed by atoms with E-state index in [0.29, 0.717) is 18.7 Å². The first kappa shape index (κ1) is 20.4. The number of hydrogen-bond donors (Lipinski definition) is 3. The summed E-state index contributed by atoms with van der Waals surface area (Å²) in [5.74, 6) is -0.393. The maximum atomic E-state index is 12.6. The highest BCUT2D eigenvalue weighted by Gasteiger charge is 2.38. The van der Waals surface area contributed by atoms with Crippen molar-refractivity contribution in [1.29, 1.82) is 0 Å². The van der Waals surface area contributed by atoms with Crippen molar-refractivity contribution in [2.75, 3.05) is 7.05 Å². The fraction of sp³-hybridized carbons (Fsp3) is 0.292. The molecular formula is C24H25N5O3. The first-order valence-corrected chi connectivity index (χ1v) is 10.7. The van der Waals surface area contributed by atoms with Crippen LogP contribution >= 0.6 is 0 Å². The first-order valence-electron chi connectivity index (χ1n) is 10.7. The second-order valence-corrected chi connectivity index (χ2v) is 8.50. The van der Waals surface area contributed by atoms with E-state index in [1.165, 1.54) is 10.5 Å². The minimum atomic E-state index is -0.688. The van der Waals surface area contributed by atoms with E-state index in [0.717, 1.165) is 41.4 Å². The number of benzene rings is 1. The Morgan fingerprint density at radius 1 is 1.25 bits per heavy atom. The lowest BCUT2D eigenvalue weighted by Gasteiger charge is -2.44. The van der Waals surface area contributed by atoms with Gasteiger partial charge in [-0.3, -0.25) is 18.9 Å². The molecule has 1 aromatic carbocycles. The Balaban J connectivity index is 1.28. The van der Waals surface area contributed by atoms with E-state index in [1.54, 1.807) is 24.4 Å². The minimum absolute atomic E-state index is 0.0985. The van der Waals surface area contributed by atoms with Crippen LogP contribution in [0.2, 0.25) is 0 Å². The lowest BCUT2D eigenvalue weighted by Crippen LogP contribution is -2.51. The molecule has 8 nitrogen and oxygen atoms in total. The van der Waals surface area contributed by atoms with Crippen LogP contribution in [0.3, 0.4) is 0 Å². The van der Waals surface area contributed by atoms with E-state index < -0.39 is 11.6 Å². The molecule has 0 bridgehead atoms. The van der Waals surface area contributed by atoms with Crippen molar-refractivity contribution < 1.29 is 9.90 Å². The summed E-state index contributed by atoms with van der Waals surface area (Å²) in [5.41, 5.74) is 2.49. The van der Waals surface area contributed by atoms with Gasteiger partial charge in [0.25, 0.3) is 11.5 Å². The lowest BCUT2D eigenvalue weighted by molar-refractivity contribution is -0.155. The molecule has 3 aromatic heterocycles. The number of fused-ring (bicyclic) bond motifs is 2. The van der Waals surface area contributed by atoms with Crippen LogP contribution in [0, 0.1) is 0 Å². The van der Waals surface area contributed by atoms with Gasteiger partial charge >= 0.3 is 0 Å². The summed E-state index contributed by atoms with van der Waals surface area (Å²) in [7, 11) is 1.94. The molecule has 32 heavy (non-hydrogen) atoms. The van der Waals surface area contributed by atoms with Crippen molar-refractivity contribution in [2.24, 2.45) is 0 Å². The predicted molar refractivity (Wildman–Crippen MR) is 121 cm³/mol. The molecule has 0 radical (unpaired) electrons. The molecular weight excluding hydrogens is 406 g/mol. The summed E-state index contributed by atoms with van der Waals surface area (Å²) in [4.78, 5) is 34.5. The Morgan fingerprint density at radius 3 is 2.88 bits per heavy atom. The van der Waals surface area contributed by atoms with Gasteiger partial charge in [-0.1, -0.05) is 18.2 Å². The molecule has 4 aromatic rings. The molecule has 1 aliphatic carbocycles. The van der Waals surface area contributed by atoms with E-state index in [4.69, 9.17) is 0 Å². The van der Waals surface area contributed by atoms with Crippen molar-refractivity contribution in [3.05, 3.63) is 82.0 Å². The molecule has 164 valence electrons. The number of pyridine rings is 1. The average molecular weight is 431 g/mol. The average Bonchev–Trinajstić information content (AvgIpc) is 3.17. The van der Waals surface area contributed by atoms with Gasteiger partial charge in [0.05, 0.1) is 0 Å². The lowest BCUT2D eigenvalue weighted by atomic mass is 9.87. The summed E-state index contributed by atoms with van der Waals surface area (Å²) in [5, 5.41) is 14.4. The zero-order valence-corrected chi connectivity index (χ0v) is 17.8. The van der Waals surface area contributed by atoms with Crippen molar-refractivity contribution in [2.45, 2.75) is 38.1 Å². The second kappa shape index (κ2) is 7.89. The van der Waals surface area contributed by atoms with Crippen molar-refractivity contribution >= 4 is 22.5 Å². The van der Waals surface area contributed by atoms with Gasteiger partial charge in [-0.15, -0.1) is 0 Å². The maximum absolute atomic E-state index is 12.6. The zero-order chi connectivity index (χ0) is 22.3. The van der Waals surface area contributed by atoms with Gasteiger partial charge in [-0.05, 0) is 61.5 Å². The van der Waals surface area contributed by atoms with Gasteiger partial charge in [0.1, 0.15) is 17.1 Å². The largest absolute Gasteiger partial charge is 0.376 e. The Hall–Kier alpha value is -3.49. The molecule has 0 unspecified atom stereocenters. The number of carbonyl (C=O) groups is 1. The molecule has 3 N–H and O–H groups in total. The van der Waals surface area contributed by atoms with Crippen LogP contribution in [0.4, 0.5) is 0 Å². The van der Waals surface area contributed by atoms with E-state index in [1.807, 2.05) is 30.1 Å². The second-order valence-electron chi connectivity index (χ2n) is 8.50. The molecule has 8 heteroatoms. The van der Waals surface area contributed by atoms with Crippen molar-refractivity contribution in [1.82, 2.24) is 24.6 Å². The third-order valence-corrected chi connectivity index (χ3v) is 6.27. The number of hydrogen-bond acceptors (Lipinski definition) is 5. The van der Waals surface area contributed by atoms with E-state index >= 15 is 0 Å². The van der Waals surface area contributed by atoms with Gasteiger partial charge in [-0.25, -0.2) is 4.98 Å². The van der Waals surface area contributed by atoms with E-state index in [-0.39, 0.29) is 11.3 Å². The molecule has 0 aliphatic heterocycles. The van der Waals surface area contributed by atoms with E-state index in [9.17, 15) is 14.7 Å². The SMILES string of the molecule is CN(Cc1cc2ccc(CNC(=O)c3cc(=O)n4ccccc4n3)cc2[nH]1)C1(O)CCC1. The number of carbonyl (C=O) groups excluding carboxylic acids is 1. The topological polar surface area (TPSA) is 103 Å². The van der Waals surface area contributed by atoms with Gasteiger partial charge in [0.2, 0.25) is 0 Å². The highest BCUT2D eigenvalue weighted by Crippen LogP contribution is 2.35. The molecule has 1 amide bonds. The third kappa shape index (κ3) is 3.79. The molecule has 3 heterocycles. The molecule has 1 aliphatic rings. The van der Waals surface area contributed by atoms with Gasteiger partial charge < -0.3 is 15.4 Å². The predicted octanol–water partition coefficient (Wildman–Crippen LogP) is 2.41. The fourth-order valence-corrected chi connectivity index (χ4v) is 4.15. The minimum Gasteiger partial charge on any atom is -0.376 e. The van der Waals surface area contributed by atoms with Crippen LogP contribution in [0.15, 0.2) is 59.5 Å². The summed E-state index contributed by atoms with van der Waals surface area (Å²) in [6.07, 6.45) is 4.31. The first-order chi connectivity index (χ1) is 15.4. The molecule has 0 saturated heterocycles. The van der Waals surface area contributed by atoms with Crippen LogP contribution in [-0.4, -0.2) is 43.1 Å². The molecule has 1 fully saturated rings. The van der Waals surface area contributed by atoms with Crippen LogP contribution in [0.5, 0.6) is 0 Å². The highest BCUT2D eigenvalue weighted by molar-refractivity contribution is 5.92. The van der Waals surface area contributed by atoms with Crippen molar-refractivity contribution in [3.63, 3.8) is 0 Å². The fourth-order valence-electron chi connectivity index (χ4n) is 4.15. The number of H-pyrrole nitrogens is 1. The van der Waals surface area contributed by atoms with Crippen LogP contribution in [-0.2, 0) is 13.1 Å². The number of aromatic nitrogens is 3. The smallest absolute Gasteiger partial charge is 0.270 e. The number of aromatic amines is 1. The Morgan fingerprint density at radius 2 is 2.09 bits per heavy atom. The molecule has 0 spiro atoms. The van der Waals surface area contributed by atoms with Crippen LogP contribution < -0.4 is 10.9 Å². The Kier molecular flexibility index (Phi) is 5.03. The van der Waals surface area contributed by atoms with Crippen LogP contribution in [0.25, 0.3) is 16.6 Å². The number of aliphatic hydroxyl groups is 1. The summed E-state index contributed by atoms with van der Waals surface area (Å²) < 4.78 is 1.40. The maximum Gasteiger partial charge on any atom is 0.270 e. The Bertz CT molecular complexity index is 1370. The molecule has 1 saturated carbocycles. The molecule has 0 atom stereocenters. The number of nitrogens with zero attached hydrogens (tertiary/aromatic N) is 3. The number of amides is 1. The third-order valence-electron chi connectivity index (χ3n) is 6.27. The number of rotatable bonds is 6. The van der Waals surface area contributed by atoms with Gasteiger partial charge in [0.15, 0.2) is 0 Å². The van der Waals surface area contributed by atoms with E-state index in [2.05, 4.69) is 21.4 Å². The van der Waals surface area contributed by atoms with Gasteiger partial charge in [-0.2, -0.15) is 0 Å². The summed E-state index contributed by atoms with van der Waals surface area (Å²) in [6, 6.07) is 14.5. The van der Waals surface area contributed by atoms with Gasteiger partial charge in [0, 0.05) is 36.6 Å². The summed E-state index contributed by atoms with van der Waals surface area (Å²) in [6.45, 7) is 0.957. The number of nitrogens with one attached hydrogen (secondary N) is 2. The Labute approximate surface area is 184 Å². The normalized spacial score (nSPS) is 15.2. The van der Waals surface area contributed by atoms with Crippen LogP contribution in [0.1, 0.15) is 41.0 Å².